The quantitative estimate of drug-likeness (QED) is 0.761. The van der Waals surface area contributed by atoms with Gasteiger partial charge in [-0.1, -0.05) is 30.3 Å². The molecule has 2 N–H and O–H groups in total. The zero-order chi connectivity index (χ0) is 17.9. The molecule has 1 aromatic carbocycles. The molecule has 2 aliphatic rings. The minimum Gasteiger partial charge on any atom is -0.461 e. The number of hydrogen-bond acceptors (Lipinski definition) is 5. The number of benzene rings is 1. The molecule has 1 aliphatic carbocycles. The number of esters is 1. The topological polar surface area (TPSA) is 70.9 Å². The molecule has 1 aromatic rings. The molecule has 0 saturated heterocycles. The van der Waals surface area contributed by atoms with Crippen LogP contribution in [0, 0.1) is 5.92 Å². The molecule has 8 heteroatoms. The number of rotatable bonds is 5. The lowest BCUT2D eigenvalue weighted by Crippen LogP contribution is -2.46. The van der Waals surface area contributed by atoms with Gasteiger partial charge >= 0.3 is 5.97 Å². The minimum absolute atomic E-state index is 0. The molecular weight excluding hydrogens is 366 g/mol. The number of halogens is 3. The van der Waals surface area contributed by atoms with Gasteiger partial charge in [-0.05, 0) is 18.4 Å². The van der Waals surface area contributed by atoms with E-state index < -0.39 is 29.8 Å². The van der Waals surface area contributed by atoms with Crippen LogP contribution in [0.2, 0.25) is 0 Å². The third kappa shape index (κ3) is 4.32. The molecule has 0 bridgehead atoms. The Kier molecular flexibility index (Phi) is 6.58. The van der Waals surface area contributed by atoms with Crippen molar-refractivity contribution >= 4 is 24.7 Å². The summed E-state index contributed by atoms with van der Waals surface area (Å²) in [5, 5.41) is 14.1. The van der Waals surface area contributed by atoms with E-state index in [0.29, 0.717) is 18.5 Å². The molecule has 5 nitrogen and oxygen atoms in total. The maximum atomic E-state index is 13.7. The fourth-order valence-corrected chi connectivity index (χ4v) is 3.47. The highest BCUT2D eigenvalue weighted by molar-refractivity contribution is 5.85. The zero-order valence-corrected chi connectivity index (χ0v) is 15.1. The average Bonchev–Trinajstić information content (AvgIpc) is 3.01. The van der Waals surface area contributed by atoms with E-state index in [1.54, 1.807) is 36.7 Å². The smallest absolute Gasteiger partial charge is 0.343 e. The van der Waals surface area contributed by atoms with Crippen LogP contribution < -0.4 is 5.32 Å². The lowest BCUT2D eigenvalue weighted by atomic mass is 9.80. The SMILES string of the molecule is Cl.O=C(OCC1CCN=CN1)C(O)(c1ccccc1)C1CCC(F)(F)C1. The van der Waals surface area contributed by atoms with Crippen LogP contribution >= 0.6 is 12.4 Å². The molecule has 1 saturated carbocycles. The summed E-state index contributed by atoms with van der Waals surface area (Å²) in [5.74, 6) is -4.61. The first-order chi connectivity index (χ1) is 11.9. The van der Waals surface area contributed by atoms with Crippen LogP contribution in [0.15, 0.2) is 35.3 Å². The molecule has 3 rings (SSSR count). The molecule has 0 amide bonds. The largest absolute Gasteiger partial charge is 0.461 e. The standard InChI is InChI=1S/C18H22F2N2O3.ClH/c19-17(20)8-6-14(10-17)18(24,13-4-2-1-3-5-13)16(23)25-11-15-7-9-21-12-22-15;/h1-5,12,14-15,24H,6-11H2,(H,21,22);1H. The van der Waals surface area contributed by atoms with Gasteiger partial charge < -0.3 is 15.2 Å². The fourth-order valence-electron chi connectivity index (χ4n) is 3.47. The Morgan fingerprint density at radius 1 is 1.35 bits per heavy atom. The second kappa shape index (κ2) is 8.31. The number of aliphatic imine (C=N–C) groups is 1. The summed E-state index contributed by atoms with van der Waals surface area (Å²) in [7, 11) is 0. The summed E-state index contributed by atoms with van der Waals surface area (Å²) in [6.07, 6.45) is 1.47. The van der Waals surface area contributed by atoms with E-state index in [1.807, 2.05) is 0 Å². The average molecular weight is 389 g/mol. The van der Waals surface area contributed by atoms with Gasteiger partial charge in [-0.2, -0.15) is 0 Å². The van der Waals surface area contributed by atoms with Gasteiger partial charge in [0.2, 0.25) is 5.92 Å². The van der Waals surface area contributed by atoms with E-state index in [9.17, 15) is 18.7 Å². The summed E-state index contributed by atoms with van der Waals surface area (Å²) >= 11 is 0. The van der Waals surface area contributed by atoms with Crippen LogP contribution in [0.5, 0.6) is 0 Å². The fraction of sp³-hybridized carbons (Fsp3) is 0.556. The summed E-state index contributed by atoms with van der Waals surface area (Å²) < 4.78 is 32.7. The Morgan fingerprint density at radius 3 is 2.65 bits per heavy atom. The van der Waals surface area contributed by atoms with Gasteiger partial charge in [0.15, 0.2) is 5.60 Å². The van der Waals surface area contributed by atoms with E-state index in [0.717, 1.165) is 0 Å². The zero-order valence-electron chi connectivity index (χ0n) is 14.2. The molecular formula is C18H23ClF2N2O3. The maximum absolute atomic E-state index is 13.7. The van der Waals surface area contributed by atoms with Crippen molar-refractivity contribution in [1.82, 2.24) is 5.32 Å². The van der Waals surface area contributed by atoms with E-state index in [-0.39, 0.29) is 37.9 Å². The summed E-state index contributed by atoms with van der Waals surface area (Å²) in [6, 6.07) is 8.13. The van der Waals surface area contributed by atoms with Crippen molar-refractivity contribution < 1.29 is 23.4 Å². The van der Waals surface area contributed by atoms with Crippen LogP contribution in [-0.4, -0.2) is 42.5 Å². The van der Waals surface area contributed by atoms with Crippen molar-refractivity contribution in [2.24, 2.45) is 10.9 Å². The first-order valence-electron chi connectivity index (χ1n) is 8.49. The number of carbonyl (C=O) groups is 1. The molecule has 1 heterocycles. The van der Waals surface area contributed by atoms with E-state index in [2.05, 4.69) is 10.3 Å². The van der Waals surface area contributed by atoms with Gasteiger partial charge in [-0.15, -0.1) is 12.4 Å². The molecule has 0 spiro atoms. The van der Waals surface area contributed by atoms with E-state index in [1.165, 1.54) is 0 Å². The molecule has 3 unspecified atom stereocenters. The normalized spacial score (nSPS) is 26.3. The molecule has 0 aromatic heterocycles. The molecule has 1 aliphatic heterocycles. The van der Waals surface area contributed by atoms with Gasteiger partial charge in [-0.3, -0.25) is 4.99 Å². The highest BCUT2D eigenvalue weighted by atomic mass is 35.5. The lowest BCUT2D eigenvalue weighted by molar-refractivity contribution is -0.175. The Balaban J connectivity index is 0.00000243. The Morgan fingerprint density at radius 2 is 2.08 bits per heavy atom. The lowest BCUT2D eigenvalue weighted by Gasteiger charge is -2.33. The highest BCUT2D eigenvalue weighted by Crippen LogP contribution is 2.47. The Labute approximate surface area is 157 Å². The van der Waals surface area contributed by atoms with Gasteiger partial charge in [0, 0.05) is 25.3 Å². The Hall–Kier alpha value is -1.73. The van der Waals surface area contributed by atoms with Crippen LogP contribution in [0.1, 0.15) is 31.2 Å². The molecule has 3 atom stereocenters. The van der Waals surface area contributed by atoms with Crippen LogP contribution in [0.25, 0.3) is 0 Å². The first kappa shape index (κ1) is 20.6. The monoisotopic (exact) mass is 388 g/mol. The van der Waals surface area contributed by atoms with Crippen molar-refractivity contribution in [1.29, 1.82) is 0 Å². The summed E-state index contributed by atoms with van der Waals surface area (Å²) in [6.45, 7) is 0.691. The molecule has 26 heavy (non-hydrogen) atoms. The summed E-state index contributed by atoms with van der Waals surface area (Å²) in [5.41, 5.74) is -1.77. The third-order valence-electron chi connectivity index (χ3n) is 4.94. The van der Waals surface area contributed by atoms with Gasteiger partial charge in [0.25, 0.3) is 0 Å². The highest BCUT2D eigenvalue weighted by Gasteiger charge is 2.54. The number of nitrogens with one attached hydrogen (secondary N) is 1. The van der Waals surface area contributed by atoms with Crippen LogP contribution in [0.3, 0.4) is 0 Å². The van der Waals surface area contributed by atoms with Crippen molar-refractivity contribution in [3.63, 3.8) is 0 Å². The molecule has 0 radical (unpaired) electrons. The van der Waals surface area contributed by atoms with E-state index in [4.69, 9.17) is 4.74 Å². The van der Waals surface area contributed by atoms with Crippen molar-refractivity contribution in [3.05, 3.63) is 35.9 Å². The van der Waals surface area contributed by atoms with E-state index >= 15 is 0 Å². The number of alkyl halides is 2. The number of aliphatic hydroxyl groups is 1. The minimum atomic E-state index is -2.87. The Bertz CT molecular complexity index is 645. The number of carbonyl (C=O) groups excluding carboxylic acids is 1. The van der Waals surface area contributed by atoms with Gasteiger partial charge in [-0.25, -0.2) is 13.6 Å². The van der Waals surface area contributed by atoms with Crippen molar-refractivity contribution in [2.45, 2.75) is 43.2 Å². The molecule has 1 fully saturated rings. The maximum Gasteiger partial charge on any atom is 0.343 e. The van der Waals surface area contributed by atoms with Gasteiger partial charge in [0.05, 0.1) is 12.4 Å². The third-order valence-corrected chi connectivity index (χ3v) is 4.94. The van der Waals surface area contributed by atoms with Crippen molar-refractivity contribution in [3.8, 4) is 0 Å². The number of nitrogens with zero attached hydrogens (tertiary/aromatic N) is 1. The predicted molar refractivity (Wildman–Crippen MR) is 95.7 cm³/mol. The predicted octanol–water partition coefficient (Wildman–Crippen LogP) is 2.66. The number of ether oxygens (including phenoxy) is 1. The van der Waals surface area contributed by atoms with Crippen LogP contribution in [-0.2, 0) is 15.1 Å². The van der Waals surface area contributed by atoms with Crippen LogP contribution in [0.4, 0.5) is 8.78 Å². The second-order valence-electron chi connectivity index (χ2n) is 6.71. The second-order valence-corrected chi connectivity index (χ2v) is 6.71. The van der Waals surface area contributed by atoms with Gasteiger partial charge in [0.1, 0.15) is 6.61 Å². The first-order valence-corrected chi connectivity index (χ1v) is 8.49. The van der Waals surface area contributed by atoms with Crippen molar-refractivity contribution in [2.75, 3.05) is 13.2 Å². The summed E-state index contributed by atoms with van der Waals surface area (Å²) in [4.78, 5) is 16.7. The number of hydrogen-bond donors (Lipinski definition) is 2. The molecule has 144 valence electrons.